The number of hydrogen-bond donors (Lipinski definition) is 2. The van der Waals surface area contributed by atoms with Gasteiger partial charge in [-0.25, -0.2) is 24.6 Å². The molecule has 0 spiro atoms. The zero-order chi connectivity index (χ0) is 26.2. The van der Waals surface area contributed by atoms with Crippen molar-refractivity contribution in [3.05, 3.63) is 72.5 Å². The van der Waals surface area contributed by atoms with Crippen molar-refractivity contribution in [2.24, 2.45) is 0 Å². The zero-order valence-electron chi connectivity index (χ0n) is 20.0. The van der Waals surface area contributed by atoms with E-state index in [0.29, 0.717) is 57.5 Å². The lowest BCUT2D eigenvalue weighted by Gasteiger charge is -2.26. The molecule has 2 aliphatic rings. The lowest BCUT2D eigenvalue weighted by molar-refractivity contribution is -0.125. The predicted molar refractivity (Wildman–Crippen MR) is 142 cm³/mol. The molecule has 0 aliphatic carbocycles. The summed E-state index contributed by atoms with van der Waals surface area (Å²) in [6.07, 6.45) is 6.46. The molecule has 0 saturated carbocycles. The van der Waals surface area contributed by atoms with Gasteiger partial charge in [-0.2, -0.15) is 0 Å². The second kappa shape index (κ2) is 9.56. The minimum atomic E-state index is -0.502. The molecule has 3 aromatic heterocycles. The van der Waals surface area contributed by atoms with Gasteiger partial charge in [0, 0.05) is 25.3 Å². The van der Waals surface area contributed by atoms with Gasteiger partial charge in [0.25, 0.3) is 5.91 Å². The first kappa shape index (κ1) is 23.6. The molecule has 1 atom stereocenters. The molecular weight excluding hydrogens is 506 g/mol. The Balaban J connectivity index is 1.27. The standard InChI is InChI=1S/C26H21N7O4S/c1-2-19(34)32-11-9-15(14-32)30-23(35)22-21-20-18(8-10-27-24(20)38-22)33(26(36)31-21)25-28-12-17(13-29-25)37-16-6-4-3-5-7-16/h2-8,10,12-13,15H,1,9,11,14H2,(H,30,35)(H,31,36)/t15-/m1/s1. The quantitative estimate of drug-likeness (QED) is 0.362. The van der Waals surface area contributed by atoms with Crippen LogP contribution in [0.2, 0.25) is 0 Å². The van der Waals surface area contributed by atoms with Gasteiger partial charge in [-0.1, -0.05) is 24.8 Å². The average Bonchev–Trinajstić information content (AvgIpc) is 3.55. The highest BCUT2D eigenvalue weighted by Gasteiger charge is 2.35. The number of aromatic nitrogens is 3. The Bertz CT molecular complexity index is 1570. The number of hydrogen-bond acceptors (Lipinski definition) is 8. The van der Waals surface area contributed by atoms with E-state index in [9.17, 15) is 14.4 Å². The Hall–Kier alpha value is -4.84. The van der Waals surface area contributed by atoms with Crippen molar-refractivity contribution in [2.45, 2.75) is 12.5 Å². The molecular formula is C26H21N7O4S. The zero-order valence-corrected chi connectivity index (χ0v) is 20.8. The lowest BCUT2D eigenvalue weighted by atomic mass is 10.1. The lowest BCUT2D eigenvalue weighted by Crippen LogP contribution is -2.39. The molecule has 12 heteroatoms. The summed E-state index contributed by atoms with van der Waals surface area (Å²) >= 11 is 1.19. The van der Waals surface area contributed by atoms with Crippen molar-refractivity contribution in [1.82, 2.24) is 25.2 Å². The number of thiophene rings is 1. The number of anilines is 3. The fourth-order valence-electron chi connectivity index (χ4n) is 4.50. The third-order valence-electron chi connectivity index (χ3n) is 6.26. The number of carbonyl (C=O) groups is 3. The minimum Gasteiger partial charge on any atom is -0.454 e. The maximum absolute atomic E-state index is 13.2. The Morgan fingerprint density at radius 1 is 1.13 bits per heavy atom. The molecule has 6 rings (SSSR count). The highest BCUT2D eigenvalue weighted by Crippen LogP contribution is 2.45. The number of amides is 4. The summed E-state index contributed by atoms with van der Waals surface area (Å²) in [6.45, 7) is 4.46. The molecule has 5 heterocycles. The predicted octanol–water partition coefficient (Wildman–Crippen LogP) is 4.08. The molecule has 2 N–H and O–H groups in total. The molecule has 1 saturated heterocycles. The monoisotopic (exact) mass is 527 g/mol. The largest absolute Gasteiger partial charge is 0.454 e. The molecule has 2 aliphatic heterocycles. The number of urea groups is 1. The molecule has 11 nitrogen and oxygen atoms in total. The van der Waals surface area contributed by atoms with Gasteiger partial charge in [0.2, 0.25) is 11.9 Å². The van der Waals surface area contributed by atoms with Gasteiger partial charge in [-0.3, -0.25) is 9.59 Å². The van der Waals surface area contributed by atoms with E-state index in [-0.39, 0.29) is 23.8 Å². The number of ether oxygens (including phenoxy) is 1. The number of para-hydroxylation sites is 1. The third kappa shape index (κ3) is 4.20. The van der Waals surface area contributed by atoms with Crippen LogP contribution < -0.4 is 20.3 Å². The van der Waals surface area contributed by atoms with Crippen LogP contribution in [0.25, 0.3) is 10.2 Å². The Kier molecular flexibility index (Phi) is 5.92. The first-order valence-electron chi connectivity index (χ1n) is 11.8. The van der Waals surface area contributed by atoms with Gasteiger partial charge in [-0.05, 0) is 30.7 Å². The second-order valence-electron chi connectivity index (χ2n) is 8.66. The van der Waals surface area contributed by atoms with Crippen molar-refractivity contribution < 1.29 is 19.1 Å². The number of carbonyl (C=O) groups excluding carboxylic acids is 3. The summed E-state index contributed by atoms with van der Waals surface area (Å²) in [5, 5.41) is 6.43. The van der Waals surface area contributed by atoms with E-state index < -0.39 is 6.03 Å². The van der Waals surface area contributed by atoms with Crippen LogP contribution in [0, 0.1) is 0 Å². The van der Waals surface area contributed by atoms with Crippen LogP contribution in [-0.2, 0) is 4.79 Å². The fourth-order valence-corrected chi connectivity index (χ4v) is 5.53. The average molecular weight is 528 g/mol. The van der Waals surface area contributed by atoms with Gasteiger partial charge >= 0.3 is 6.03 Å². The minimum absolute atomic E-state index is 0.149. The van der Waals surface area contributed by atoms with E-state index >= 15 is 0 Å². The number of likely N-dealkylation sites (tertiary alicyclic amines) is 1. The summed E-state index contributed by atoms with van der Waals surface area (Å²) in [7, 11) is 0. The van der Waals surface area contributed by atoms with Crippen LogP contribution in [-0.4, -0.2) is 56.8 Å². The van der Waals surface area contributed by atoms with Crippen molar-refractivity contribution >= 4 is 56.7 Å². The topological polar surface area (TPSA) is 130 Å². The third-order valence-corrected chi connectivity index (χ3v) is 7.35. The normalized spacial score (nSPS) is 16.3. The Morgan fingerprint density at radius 2 is 1.92 bits per heavy atom. The summed E-state index contributed by atoms with van der Waals surface area (Å²) in [5.74, 6) is 0.715. The highest BCUT2D eigenvalue weighted by atomic mass is 32.1. The molecule has 38 heavy (non-hydrogen) atoms. The fraction of sp³-hybridized carbons (Fsp3) is 0.154. The van der Waals surface area contributed by atoms with Crippen LogP contribution >= 0.6 is 11.3 Å². The van der Waals surface area contributed by atoms with E-state index in [2.05, 4.69) is 32.2 Å². The molecule has 4 amide bonds. The van der Waals surface area contributed by atoms with Gasteiger partial charge < -0.3 is 20.3 Å². The highest BCUT2D eigenvalue weighted by molar-refractivity contribution is 7.21. The first-order chi connectivity index (χ1) is 18.5. The number of benzene rings is 1. The molecule has 1 fully saturated rings. The van der Waals surface area contributed by atoms with E-state index in [4.69, 9.17) is 4.74 Å². The van der Waals surface area contributed by atoms with E-state index in [1.54, 1.807) is 17.2 Å². The van der Waals surface area contributed by atoms with Gasteiger partial charge in [0.15, 0.2) is 5.75 Å². The maximum Gasteiger partial charge on any atom is 0.333 e. The number of nitrogens with one attached hydrogen (secondary N) is 2. The van der Waals surface area contributed by atoms with Gasteiger partial charge in [0.05, 0.1) is 29.2 Å². The summed E-state index contributed by atoms with van der Waals surface area (Å²) < 4.78 is 5.75. The van der Waals surface area contributed by atoms with Crippen molar-refractivity contribution in [3.63, 3.8) is 0 Å². The molecule has 0 bridgehead atoms. The van der Waals surface area contributed by atoms with E-state index in [1.165, 1.54) is 34.7 Å². The molecule has 190 valence electrons. The van der Waals surface area contributed by atoms with Crippen LogP contribution in [0.15, 0.2) is 67.6 Å². The van der Waals surface area contributed by atoms with E-state index in [0.717, 1.165) is 0 Å². The number of pyridine rings is 1. The van der Waals surface area contributed by atoms with Crippen LogP contribution in [0.5, 0.6) is 11.5 Å². The Morgan fingerprint density at radius 3 is 2.68 bits per heavy atom. The molecule has 1 aromatic carbocycles. The SMILES string of the molecule is C=CC(=O)N1CC[C@@H](NC(=O)c2sc3nccc4c3c2NC(=O)N4c2ncc(Oc3ccccc3)cn2)C1. The van der Waals surface area contributed by atoms with Crippen molar-refractivity contribution in [1.29, 1.82) is 0 Å². The van der Waals surface area contributed by atoms with Gasteiger partial charge in [0.1, 0.15) is 15.5 Å². The summed E-state index contributed by atoms with van der Waals surface area (Å²) in [6, 6.07) is 10.2. The van der Waals surface area contributed by atoms with Crippen LogP contribution in [0.1, 0.15) is 16.1 Å². The molecule has 4 aromatic rings. The molecule has 0 radical (unpaired) electrons. The number of rotatable bonds is 6. The van der Waals surface area contributed by atoms with Crippen molar-refractivity contribution in [2.75, 3.05) is 23.3 Å². The van der Waals surface area contributed by atoms with Gasteiger partial charge in [-0.15, -0.1) is 11.3 Å². The smallest absolute Gasteiger partial charge is 0.333 e. The van der Waals surface area contributed by atoms with E-state index in [1.807, 2.05) is 30.3 Å². The maximum atomic E-state index is 13.2. The van der Waals surface area contributed by atoms with Crippen molar-refractivity contribution in [3.8, 4) is 11.5 Å². The van der Waals surface area contributed by atoms with Crippen LogP contribution in [0.3, 0.4) is 0 Å². The summed E-state index contributed by atoms with van der Waals surface area (Å²) in [5.41, 5.74) is 0.914. The Labute approximate surface area is 220 Å². The second-order valence-corrected chi connectivity index (χ2v) is 9.66. The summed E-state index contributed by atoms with van der Waals surface area (Å²) in [4.78, 5) is 55.4. The van der Waals surface area contributed by atoms with Crippen LogP contribution in [0.4, 0.5) is 22.1 Å². The first-order valence-corrected chi connectivity index (χ1v) is 12.6. The number of nitrogens with zero attached hydrogens (tertiary/aromatic N) is 5. The molecule has 0 unspecified atom stereocenters.